The summed E-state index contributed by atoms with van der Waals surface area (Å²) in [6, 6.07) is 0. The van der Waals surface area contributed by atoms with Crippen LogP contribution in [-0.4, -0.2) is 17.4 Å². The van der Waals surface area contributed by atoms with Crippen LogP contribution in [0.15, 0.2) is 24.4 Å². The SMILES string of the molecule is C=CN(CC1CC1(C)CCC=C(C)C)C(=O)C1CC1. The Labute approximate surface area is 117 Å². The third-order valence-electron chi connectivity index (χ3n) is 4.65. The molecule has 2 aliphatic carbocycles. The highest BCUT2D eigenvalue weighted by Gasteiger charge is 2.50. The van der Waals surface area contributed by atoms with Crippen molar-refractivity contribution in [2.24, 2.45) is 17.3 Å². The molecule has 2 aliphatic rings. The number of carbonyl (C=O) groups excluding carboxylic acids is 1. The highest BCUT2D eigenvalue weighted by molar-refractivity contribution is 5.81. The molecule has 0 heterocycles. The Hall–Kier alpha value is -1.05. The average Bonchev–Trinajstić information content (AvgIpc) is 3.22. The van der Waals surface area contributed by atoms with Crippen molar-refractivity contribution in [1.82, 2.24) is 4.90 Å². The maximum Gasteiger partial charge on any atom is 0.229 e. The third-order valence-corrected chi connectivity index (χ3v) is 4.65. The molecular formula is C17H27NO. The Morgan fingerprint density at radius 1 is 1.42 bits per heavy atom. The number of rotatable bonds is 7. The molecule has 19 heavy (non-hydrogen) atoms. The molecule has 2 rings (SSSR count). The van der Waals surface area contributed by atoms with E-state index in [4.69, 9.17) is 0 Å². The van der Waals surface area contributed by atoms with E-state index in [9.17, 15) is 4.79 Å². The lowest BCUT2D eigenvalue weighted by molar-refractivity contribution is -0.130. The molecule has 0 saturated heterocycles. The van der Waals surface area contributed by atoms with Gasteiger partial charge in [0.15, 0.2) is 0 Å². The van der Waals surface area contributed by atoms with Gasteiger partial charge in [-0.15, -0.1) is 0 Å². The number of allylic oxidation sites excluding steroid dienone is 2. The number of hydrogen-bond acceptors (Lipinski definition) is 1. The van der Waals surface area contributed by atoms with Crippen LogP contribution in [0.1, 0.15) is 52.9 Å². The molecule has 0 aromatic heterocycles. The minimum atomic E-state index is 0.300. The van der Waals surface area contributed by atoms with Gasteiger partial charge in [-0.1, -0.05) is 25.2 Å². The summed E-state index contributed by atoms with van der Waals surface area (Å²) in [7, 11) is 0. The summed E-state index contributed by atoms with van der Waals surface area (Å²) < 4.78 is 0. The first kappa shape index (κ1) is 14.4. The Kier molecular flexibility index (Phi) is 4.17. The van der Waals surface area contributed by atoms with Crippen molar-refractivity contribution in [3.63, 3.8) is 0 Å². The van der Waals surface area contributed by atoms with E-state index in [-0.39, 0.29) is 0 Å². The van der Waals surface area contributed by atoms with Crippen molar-refractivity contribution < 1.29 is 4.79 Å². The summed E-state index contributed by atoms with van der Waals surface area (Å²) in [5.41, 5.74) is 1.84. The minimum absolute atomic E-state index is 0.300. The van der Waals surface area contributed by atoms with Crippen molar-refractivity contribution in [1.29, 1.82) is 0 Å². The monoisotopic (exact) mass is 261 g/mol. The van der Waals surface area contributed by atoms with E-state index in [0.717, 1.165) is 19.4 Å². The van der Waals surface area contributed by atoms with E-state index in [2.05, 4.69) is 33.4 Å². The lowest BCUT2D eigenvalue weighted by Gasteiger charge is -2.19. The molecule has 2 unspecified atom stereocenters. The molecular weight excluding hydrogens is 234 g/mol. The molecule has 2 heteroatoms. The molecule has 0 aromatic rings. The number of hydrogen-bond donors (Lipinski definition) is 0. The van der Waals surface area contributed by atoms with Crippen molar-refractivity contribution >= 4 is 5.91 Å². The molecule has 2 fully saturated rings. The Morgan fingerprint density at radius 2 is 2.11 bits per heavy atom. The second-order valence-corrected chi connectivity index (χ2v) is 6.82. The van der Waals surface area contributed by atoms with E-state index in [0.29, 0.717) is 23.2 Å². The van der Waals surface area contributed by atoms with Crippen molar-refractivity contribution in [2.45, 2.75) is 52.9 Å². The maximum atomic E-state index is 12.1. The van der Waals surface area contributed by atoms with Crippen LogP contribution in [0.5, 0.6) is 0 Å². The fourth-order valence-electron chi connectivity index (χ4n) is 2.84. The first-order valence-electron chi connectivity index (χ1n) is 7.52. The zero-order chi connectivity index (χ0) is 14.0. The van der Waals surface area contributed by atoms with E-state index in [1.54, 1.807) is 6.20 Å². The van der Waals surface area contributed by atoms with E-state index in [1.807, 2.05) is 4.90 Å². The molecule has 2 nitrogen and oxygen atoms in total. The summed E-state index contributed by atoms with van der Waals surface area (Å²) in [6.07, 6.45) is 9.87. The zero-order valence-electron chi connectivity index (χ0n) is 12.6. The molecule has 0 N–H and O–H groups in total. The largest absolute Gasteiger partial charge is 0.319 e. The molecule has 0 aromatic carbocycles. The average molecular weight is 261 g/mol. The van der Waals surface area contributed by atoms with Crippen LogP contribution >= 0.6 is 0 Å². The maximum absolute atomic E-state index is 12.1. The lowest BCUT2D eigenvalue weighted by atomic mass is 9.98. The van der Waals surface area contributed by atoms with E-state index >= 15 is 0 Å². The van der Waals surface area contributed by atoms with Gasteiger partial charge in [-0.05, 0) is 63.5 Å². The predicted molar refractivity (Wildman–Crippen MR) is 79.5 cm³/mol. The third kappa shape index (κ3) is 3.71. The molecule has 0 bridgehead atoms. The van der Waals surface area contributed by atoms with E-state index in [1.165, 1.54) is 24.8 Å². The van der Waals surface area contributed by atoms with Gasteiger partial charge in [0.25, 0.3) is 0 Å². The molecule has 0 aliphatic heterocycles. The fourth-order valence-corrected chi connectivity index (χ4v) is 2.84. The highest BCUT2D eigenvalue weighted by Crippen LogP contribution is 2.56. The van der Waals surface area contributed by atoms with Crippen LogP contribution in [0.3, 0.4) is 0 Å². The minimum Gasteiger partial charge on any atom is -0.319 e. The molecule has 2 atom stereocenters. The first-order valence-corrected chi connectivity index (χ1v) is 7.52. The Balaban J connectivity index is 1.79. The van der Waals surface area contributed by atoms with Crippen molar-refractivity contribution in [3.8, 4) is 0 Å². The van der Waals surface area contributed by atoms with Gasteiger partial charge in [-0.3, -0.25) is 4.79 Å². The Morgan fingerprint density at radius 3 is 2.63 bits per heavy atom. The van der Waals surface area contributed by atoms with Crippen LogP contribution in [-0.2, 0) is 4.79 Å². The standard InChI is InChI=1S/C17H27NO/c1-5-18(16(19)14-8-9-14)12-15-11-17(15,4)10-6-7-13(2)3/h5,7,14-15H,1,6,8-12H2,2-4H3. The van der Waals surface area contributed by atoms with Crippen molar-refractivity contribution in [3.05, 3.63) is 24.4 Å². The van der Waals surface area contributed by atoms with Crippen LogP contribution in [0.2, 0.25) is 0 Å². The lowest BCUT2D eigenvalue weighted by Crippen LogP contribution is -2.29. The summed E-state index contributed by atoms with van der Waals surface area (Å²) in [5.74, 6) is 1.26. The van der Waals surface area contributed by atoms with Gasteiger partial charge in [0.2, 0.25) is 5.91 Å². The predicted octanol–water partition coefficient (Wildman–Crippen LogP) is 4.14. The van der Waals surface area contributed by atoms with Crippen LogP contribution in [0.25, 0.3) is 0 Å². The summed E-state index contributed by atoms with van der Waals surface area (Å²) in [5, 5.41) is 0. The normalized spacial score (nSPS) is 28.7. The van der Waals surface area contributed by atoms with Gasteiger partial charge in [-0.2, -0.15) is 0 Å². The van der Waals surface area contributed by atoms with Gasteiger partial charge in [0, 0.05) is 12.5 Å². The van der Waals surface area contributed by atoms with Gasteiger partial charge in [0.05, 0.1) is 0 Å². The molecule has 0 spiro atoms. The van der Waals surface area contributed by atoms with Crippen LogP contribution in [0, 0.1) is 17.3 Å². The summed E-state index contributed by atoms with van der Waals surface area (Å²) in [6.45, 7) is 11.3. The molecule has 1 amide bonds. The number of nitrogens with zero attached hydrogens (tertiary/aromatic N) is 1. The van der Waals surface area contributed by atoms with Crippen molar-refractivity contribution in [2.75, 3.05) is 6.54 Å². The van der Waals surface area contributed by atoms with Gasteiger partial charge >= 0.3 is 0 Å². The number of carbonyl (C=O) groups is 1. The summed E-state index contributed by atoms with van der Waals surface area (Å²) in [4.78, 5) is 13.9. The summed E-state index contributed by atoms with van der Waals surface area (Å²) >= 11 is 0. The zero-order valence-corrected chi connectivity index (χ0v) is 12.6. The highest BCUT2D eigenvalue weighted by atomic mass is 16.2. The fraction of sp³-hybridized carbons (Fsp3) is 0.706. The first-order chi connectivity index (χ1) is 8.96. The Bertz CT molecular complexity index is 390. The topological polar surface area (TPSA) is 20.3 Å². The molecule has 2 saturated carbocycles. The molecule has 0 radical (unpaired) electrons. The second kappa shape index (κ2) is 5.52. The number of amides is 1. The van der Waals surface area contributed by atoms with Crippen LogP contribution < -0.4 is 0 Å². The van der Waals surface area contributed by atoms with Crippen LogP contribution in [0.4, 0.5) is 0 Å². The van der Waals surface area contributed by atoms with E-state index < -0.39 is 0 Å². The smallest absolute Gasteiger partial charge is 0.229 e. The second-order valence-electron chi connectivity index (χ2n) is 6.82. The quantitative estimate of drug-likeness (QED) is 0.631. The van der Waals surface area contributed by atoms with Gasteiger partial charge in [-0.25, -0.2) is 0 Å². The van der Waals surface area contributed by atoms with Gasteiger partial charge in [0.1, 0.15) is 0 Å². The van der Waals surface area contributed by atoms with Gasteiger partial charge < -0.3 is 4.90 Å². The molecule has 106 valence electrons.